The molecule has 0 aliphatic carbocycles. The van der Waals surface area contributed by atoms with Gasteiger partial charge in [-0.15, -0.1) is 0 Å². The molecule has 2 saturated heterocycles. The van der Waals surface area contributed by atoms with E-state index in [-0.39, 0.29) is 24.3 Å². The van der Waals surface area contributed by atoms with Crippen LogP contribution in [0.3, 0.4) is 0 Å². The predicted octanol–water partition coefficient (Wildman–Crippen LogP) is -0.326. The molecule has 4 heterocycles. The van der Waals surface area contributed by atoms with E-state index in [1.165, 1.54) is 6.33 Å². The molecule has 26 heavy (non-hydrogen) atoms. The number of rotatable bonds is 3. The zero-order chi connectivity index (χ0) is 18.3. The van der Waals surface area contributed by atoms with Crippen LogP contribution in [0.2, 0.25) is 0 Å². The molecule has 1 N–H and O–H groups in total. The standard InChI is InChI=1S/C17H21N7O2/c1-11-5-12(2)24(21-11)15-6-14(19-10-20-15)23-7-13(8-23)17(26)22-4-3-18-16(25)9-22/h5-6,10,13H,3-4,7-9H2,1-2H3,(H,18,25). The van der Waals surface area contributed by atoms with Crippen molar-refractivity contribution in [3.8, 4) is 5.82 Å². The molecule has 2 fully saturated rings. The van der Waals surface area contributed by atoms with Crippen LogP contribution in [0.1, 0.15) is 11.4 Å². The summed E-state index contributed by atoms with van der Waals surface area (Å²) in [6.07, 6.45) is 1.52. The Labute approximate surface area is 151 Å². The highest BCUT2D eigenvalue weighted by Gasteiger charge is 2.37. The van der Waals surface area contributed by atoms with Gasteiger partial charge in [0.1, 0.15) is 12.1 Å². The van der Waals surface area contributed by atoms with Gasteiger partial charge in [-0.3, -0.25) is 9.59 Å². The zero-order valence-corrected chi connectivity index (χ0v) is 14.8. The van der Waals surface area contributed by atoms with E-state index in [0.29, 0.717) is 32.0 Å². The molecular formula is C17H21N7O2. The average molecular weight is 355 g/mol. The minimum atomic E-state index is -0.0916. The van der Waals surface area contributed by atoms with Gasteiger partial charge in [-0.25, -0.2) is 14.6 Å². The summed E-state index contributed by atoms with van der Waals surface area (Å²) in [5.74, 6) is 1.36. The van der Waals surface area contributed by atoms with E-state index >= 15 is 0 Å². The van der Waals surface area contributed by atoms with Gasteiger partial charge < -0.3 is 15.1 Å². The number of aromatic nitrogens is 4. The Hall–Kier alpha value is -2.97. The molecule has 4 rings (SSSR count). The summed E-state index contributed by atoms with van der Waals surface area (Å²) in [7, 11) is 0. The maximum Gasteiger partial charge on any atom is 0.239 e. The number of carbonyl (C=O) groups is 2. The highest BCUT2D eigenvalue weighted by Crippen LogP contribution is 2.25. The first kappa shape index (κ1) is 16.5. The van der Waals surface area contributed by atoms with E-state index in [2.05, 4.69) is 20.4 Å². The van der Waals surface area contributed by atoms with Crippen LogP contribution < -0.4 is 10.2 Å². The molecule has 2 aliphatic heterocycles. The number of nitrogens with one attached hydrogen (secondary N) is 1. The third kappa shape index (κ3) is 3.00. The van der Waals surface area contributed by atoms with Crippen molar-refractivity contribution in [3.63, 3.8) is 0 Å². The summed E-state index contributed by atoms with van der Waals surface area (Å²) < 4.78 is 1.79. The Morgan fingerprint density at radius 2 is 1.96 bits per heavy atom. The second kappa shape index (κ2) is 6.40. The van der Waals surface area contributed by atoms with Gasteiger partial charge in [0.25, 0.3) is 0 Å². The molecule has 0 unspecified atom stereocenters. The van der Waals surface area contributed by atoms with Crippen molar-refractivity contribution in [2.24, 2.45) is 5.92 Å². The second-order valence-corrected chi connectivity index (χ2v) is 6.78. The fourth-order valence-electron chi connectivity index (χ4n) is 3.39. The first-order chi connectivity index (χ1) is 12.5. The van der Waals surface area contributed by atoms with E-state index in [9.17, 15) is 9.59 Å². The van der Waals surface area contributed by atoms with Crippen LogP contribution in [0.15, 0.2) is 18.5 Å². The summed E-state index contributed by atoms with van der Waals surface area (Å²) in [5, 5.41) is 7.18. The molecule has 2 aromatic heterocycles. The summed E-state index contributed by atoms with van der Waals surface area (Å²) in [6, 6.07) is 3.88. The summed E-state index contributed by atoms with van der Waals surface area (Å²) in [6.45, 7) is 6.39. The summed E-state index contributed by atoms with van der Waals surface area (Å²) >= 11 is 0. The molecule has 2 amide bonds. The Morgan fingerprint density at radius 3 is 2.65 bits per heavy atom. The van der Waals surface area contributed by atoms with E-state index in [4.69, 9.17) is 0 Å². The van der Waals surface area contributed by atoms with Crippen LogP contribution >= 0.6 is 0 Å². The maximum atomic E-state index is 12.5. The normalized spacial score (nSPS) is 17.8. The van der Waals surface area contributed by atoms with Crippen LogP contribution in [-0.4, -0.2) is 69.2 Å². The average Bonchev–Trinajstić information content (AvgIpc) is 2.92. The lowest BCUT2D eigenvalue weighted by molar-refractivity contribution is -0.142. The van der Waals surface area contributed by atoms with Crippen molar-refractivity contribution >= 4 is 17.6 Å². The minimum Gasteiger partial charge on any atom is -0.355 e. The summed E-state index contributed by atoms with van der Waals surface area (Å²) in [5.41, 5.74) is 1.94. The lowest BCUT2D eigenvalue weighted by Gasteiger charge is -2.41. The van der Waals surface area contributed by atoms with Crippen molar-refractivity contribution in [1.29, 1.82) is 0 Å². The monoisotopic (exact) mass is 355 g/mol. The van der Waals surface area contributed by atoms with Gasteiger partial charge in [-0.1, -0.05) is 0 Å². The Morgan fingerprint density at radius 1 is 1.19 bits per heavy atom. The first-order valence-electron chi connectivity index (χ1n) is 8.67. The quantitative estimate of drug-likeness (QED) is 0.810. The molecule has 0 bridgehead atoms. The maximum absolute atomic E-state index is 12.5. The number of piperazine rings is 1. The van der Waals surface area contributed by atoms with E-state index in [1.807, 2.05) is 30.9 Å². The molecular weight excluding hydrogens is 334 g/mol. The molecule has 9 heteroatoms. The minimum absolute atomic E-state index is 0.0453. The van der Waals surface area contributed by atoms with Crippen LogP contribution in [0.5, 0.6) is 0 Å². The third-order valence-corrected chi connectivity index (χ3v) is 4.77. The molecule has 0 saturated carbocycles. The van der Waals surface area contributed by atoms with Gasteiger partial charge >= 0.3 is 0 Å². The predicted molar refractivity (Wildman–Crippen MR) is 93.9 cm³/mol. The zero-order valence-electron chi connectivity index (χ0n) is 14.8. The number of nitrogens with zero attached hydrogens (tertiary/aromatic N) is 6. The number of carbonyl (C=O) groups excluding carboxylic acids is 2. The lowest BCUT2D eigenvalue weighted by Crippen LogP contribution is -2.58. The van der Waals surface area contributed by atoms with Crippen LogP contribution in [0, 0.1) is 19.8 Å². The van der Waals surface area contributed by atoms with Crippen molar-refractivity contribution in [2.75, 3.05) is 37.6 Å². The SMILES string of the molecule is Cc1cc(C)n(-c2cc(N3CC(C(=O)N4CCNC(=O)C4)C3)ncn2)n1. The molecule has 136 valence electrons. The van der Waals surface area contributed by atoms with E-state index < -0.39 is 0 Å². The van der Waals surface area contributed by atoms with Crippen LogP contribution in [0.4, 0.5) is 5.82 Å². The summed E-state index contributed by atoms with van der Waals surface area (Å²) in [4.78, 5) is 36.3. The van der Waals surface area contributed by atoms with E-state index in [1.54, 1.807) is 9.58 Å². The molecule has 2 aromatic rings. The van der Waals surface area contributed by atoms with Crippen LogP contribution in [0.25, 0.3) is 5.82 Å². The van der Waals surface area contributed by atoms with Gasteiger partial charge in [-0.05, 0) is 19.9 Å². The number of anilines is 1. The molecule has 9 nitrogen and oxygen atoms in total. The highest BCUT2D eigenvalue weighted by molar-refractivity contribution is 5.88. The Balaban J connectivity index is 1.43. The van der Waals surface area contributed by atoms with Crippen molar-refractivity contribution < 1.29 is 9.59 Å². The second-order valence-electron chi connectivity index (χ2n) is 6.78. The van der Waals surface area contributed by atoms with E-state index in [0.717, 1.165) is 17.2 Å². The molecule has 0 spiro atoms. The highest BCUT2D eigenvalue weighted by atomic mass is 16.2. The largest absolute Gasteiger partial charge is 0.355 e. The Kier molecular flexibility index (Phi) is 4.06. The topological polar surface area (TPSA) is 96.2 Å². The van der Waals surface area contributed by atoms with Gasteiger partial charge in [0.05, 0.1) is 18.2 Å². The fourth-order valence-corrected chi connectivity index (χ4v) is 3.39. The van der Waals surface area contributed by atoms with Crippen molar-refractivity contribution in [3.05, 3.63) is 29.8 Å². The first-order valence-corrected chi connectivity index (χ1v) is 8.67. The third-order valence-electron chi connectivity index (χ3n) is 4.77. The fraction of sp³-hybridized carbons (Fsp3) is 0.471. The van der Waals surface area contributed by atoms with Gasteiger partial charge in [0, 0.05) is 37.9 Å². The number of aryl methyl sites for hydroxylation is 2. The molecule has 0 aromatic carbocycles. The van der Waals surface area contributed by atoms with Gasteiger partial charge in [0.2, 0.25) is 11.8 Å². The lowest BCUT2D eigenvalue weighted by atomic mass is 9.98. The molecule has 0 atom stereocenters. The molecule has 2 aliphatic rings. The van der Waals surface area contributed by atoms with Crippen LogP contribution in [-0.2, 0) is 9.59 Å². The smallest absolute Gasteiger partial charge is 0.239 e. The van der Waals surface area contributed by atoms with Crippen molar-refractivity contribution in [1.82, 2.24) is 30.0 Å². The number of amides is 2. The number of hydrogen-bond donors (Lipinski definition) is 1. The van der Waals surface area contributed by atoms with Gasteiger partial charge in [0.15, 0.2) is 5.82 Å². The Bertz CT molecular complexity index is 857. The molecule has 0 radical (unpaired) electrons. The van der Waals surface area contributed by atoms with Crippen molar-refractivity contribution in [2.45, 2.75) is 13.8 Å². The van der Waals surface area contributed by atoms with Gasteiger partial charge in [-0.2, -0.15) is 5.10 Å². The number of hydrogen-bond acceptors (Lipinski definition) is 6.